The molecule has 5 rings (SSSR count). The van der Waals surface area contributed by atoms with E-state index in [4.69, 9.17) is 16.3 Å². The van der Waals surface area contributed by atoms with Gasteiger partial charge in [-0.25, -0.2) is 4.98 Å². The summed E-state index contributed by atoms with van der Waals surface area (Å²) in [7, 11) is 0. The summed E-state index contributed by atoms with van der Waals surface area (Å²) in [6, 6.07) is 7.54. The van der Waals surface area contributed by atoms with Gasteiger partial charge < -0.3 is 30.2 Å². The molecule has 1 saturated heterocycles. The molecular formula is C27H35ClN4O4S. The zero-order chi connectivity index (χ0) is 26.0. The van der Waals surface area contributed by atoms with Gasteiger partial charge in [0.1, 0.15) is 18.1 Å². The molecule has 10 heteroatoms. The Balaban J connectivity index is 1.13. The van der Waals surface area contributed by atoms with E-state index in [2.05, 4.69) is 27.1 Å². The van der Waals surface area contributed by atoms with E-state index < -0.39 is 5.60 Å². The van der Waals surface area contributed by atoms with E-state index in [0.717, 1.165) is 61.9 Å². The average Bonchev–Trinajstić information content (AvgIpc) is 3.51. The Kier molecular flexibility index (Phi) is 8.07. The van der Waals surface area contributed by atoms with Gasteiger partial charge in [0.2, 0.25) is 0 Å². The summed E-state index contributed by atoms with van der Waals surface area (Å²) in [5.41, 5.74) is 1.40. The zero-order valence-electron chi connectivity index (χ0n) is 21.1. The lowest BCUT2D eigenvalue weighted by molar-refractivity contribution is -0.0272. The highest BCUT2D eigenvalue weighted by molar-refractivity contribution is 7.13. The van der Waals surface area contributed by atoms with Gasteiger partial charge in [0.25, 0.3) is 5.91 Å². The van der Waals surface area contributed by atoms with Gasteiger partial charge in [-0.2, -0.15) is 0 Å². The van der Waals surface area contributed by atoms with Gasteiger partial charge >= 0.3 is 0 Å². The van der Waals surface area contributed by atoms with Crippen molar-refractivity contribution in [2.45, 2.75) is 69.8 Å². The molecule has 2 atom stereocenters. The number of fused-ring (bicyclic) bond motifs is 1. The van der Waals surface area contributed by atoms with Crippen LogP contribution in [0, 0.1) is 5.92 Å². The number of aromatic amines is 1. The number of piperidine rings is 1. The van der Waals surface area contributed by atoms with Crippen LogP contribution in [0.4, 0.5) is 0 Å². The van der Waals surface area contributed by atoms with Gasteiger partial charge in [0.05, 0.1) is 17.4 Å². The molecule has 1 aromatic carbocycles. The van der Waals surface area contributed by atoms with Crippen LogP contribution in [0.1, 0.15) is 61.6 Å². The molecule has 0 spiro atoms. The third kappa shape index (κ3) is 6.46. The number of hydrogen-bond acceptors (Lipinski definition) is 7. The number of hydrogen-bond donors (Lipinski definition) is 4. The Morgan fingerprint density at radius 3 is 2.89 bits per heavy atom. The minimum atomic E-state index is -0.685. The topological polar surface area (TPSA) is 111 Å². The van der Waals surface area contributed by atoms with E-state index in [1.54, 1.807) is 0 Å². The third-order valence-electron chi connectivity index (χ3n) is 7.86. The van der Waals surface area contributed by atoms with Gasteiger partial charge in [-0.05, 0) is 62.6 Å². The summed E-state index contributed by atoms with van der Waals surface area (Å²) in [6.45, 7) is 5.00. The monoisotopic (exact) mass is 546 g/mol. The molecule has 2 aliphatic rings. The molecule has 1 amide bonds. The van der Waals surface area contributed by atoms with E-state index in [-0.39, 0.29) is 24.0 Å². The number of carbonyl (C=O) groups is 1. The number of H-pyrrole nitrogens is 1. The summed E-state index contributed by atoms with van der Waals surface area (Å²) < 4.78 is 6.43. The van der Waals surface area contributed by atoms with E-state index in [1.807, 2.05) is 29.6 Å². The highest BCUT2D eigenvalue weighted by Crippen LogP contribution is 2.33. The number of benzene rings is 1. The van der Waals surface area contributed by atoms with Crippen LogP contribution in [0.5, 0.6) is 5.75 Å². The maximum atomic E-state index is 13.0. The maximum Gasteiger partial charge on any atom is 0.267 e. The Morgan fingerprint density at radius 2 is 2.16 bits per heavy atom. The van der Waals surface area contributed by atoms with Crippen molar-refractivity contribution < 1.29 is 19.7 Å². The summed E-state index contributed by atoms with van der Waals surface area (Å²) in [4.78, 5) is 22.8. The first-order valence-electron chi connectivity index (χ1n) is 13.1. The third-order valence-corrected chi connectivity index (χ3v) is 8.88. The second-order valence-electron chi connectivity index (χ2n) is 10.6. The number of aromatic nitrogens is 2. The molecule has 0 bridgehead atoms. The lowest BCUT2D eigenvalue weighted by Crippen LogP contribution is -2.47. The van der Waals surface area contributed by atoms with Crippen molar-refractivity contribution >= 4 is 39.7 Å². The second-order valence-corrected chi connectivity index (χ2v) is 12.1. The minimum Gasteiger partial charge on any atom is -0.487 e. The second kappa shape index (κ2) is 11.3. The van der Waals surface area contributed by atoms with Crippen LogP contribution in [0.15, 0.2) is 29.6 Å². The van der Waals surface area contributed by atoms with Crippen LogP contribution in [-0.2, 0) is 6.61 Å². The number of thiazole rings is 1. The predicted molar refractivity (Wildman–Crippen MR) is 145 cm³/mol. The van der Waals surface area contributed by atoms with Crippen LogP contribution < -0.4 is 10.1 Å². The van der Waals surface area contributed by atoms with Crippen molar-refractivity contribution in [3.63, 3.8) is 0 Å². The number of halogens is 1. The normalized spacial score (nSPS) is 26.9. The van der Waals surface area contributed by atoms with Gasteiger partial charge in [-0.3, -0.25) is 4.79 Å². The van der Waals surface area contributed by atoms with Crippen molar-refractivity contribution in [3.8, 4) is 5.75 Å². The maximum absolute atomic E-state index is 13.0. The van der Waals surface area contributed by atoms with Crippen molar-refractivity contribution in [1.29, 1.82) is 0 Å². The Bertz CT molecular complexity index is 1220. The molecule has 0 unspecified atom stereocenters. The number of aliphatic hydroxyl groups excluding tert-OH is 1. The first-order valence-corrected chi connectivity index (χ1v) is 14.3. The number of aliphatic hydroxyl groups is 2. The molecule has 4 N–H and O–H groups in total. The van der Waals surface area contributed by atoms with Crippen LogP contribution in [0.2, 0.25) is 4.47 Å². The van der Waals surface area contributed by atoms with E-state index in [0.29, 0.717) is 35.4 Å². The molecule has 1 saturated carbocycles. The number of likely N-dealkylation sites (tertiary alicyclic amines) is 1. The number of nitrogens with zero attached hydrogens (tertiary/aromatic N) is 2. The standard InChI is InChI=1S/C27H35ClN4O4S/c1-17-14-32(11-7-23(17)33)12-10-27(35)8-5-18(6-9-27)29-25(34)22-13-20-21(31-22)3-2-4-24(20)36-15-19-16-37-26(28)30-19/h2-4,13,16-18,23,31,33,35H,5-12,14-15H2,1H3,(H,29,34)/t17-,18?,23-,27?/m0/s1. The zero-order valence-corrected chi connectivity index (χ0v) is 22.7. The largest absolute Gasteiger partial charge is 0.487 e. The number of rotatable bonds is 8. The molecule has 0 radical (unpaired) electrons. The van der Waals surface area contributed by atoms with Crippen molar-refractivity contribution in [3.05, 3.63) is 45.5 Å². The molecule has 2 aromatic heterocycles. The quantitative estimate of drug-likeness (QED) is 0.334. The summed E-state index contributed by atoms with van der Waals surface area (Å²) in [6.07, 6.45) is 4.18. The predicted octanol–water partition coefficient (Wildman–Crippen LogP) is 4.35. The van der Waals surface area contributed by atoms with Crippen LogP contribution >= 0.6 is 22.9 Å². The summed E-state index contributed by atoms with van der Waals surface area (Å²) in [5.74, 6) is 0.806. The molecule has 3 heterocycles. The molecule has 37 heavy (non-hydrogen) atoms. The van der Waals surface area contributed by atoms with Crippen LogP contribution in [0.3, 0.4) is 0 Å². The fourth-order valence-corrected chi connectivity index (χ4v) is 6.24. The van der Waals surface area contributed by atoms with Gasteiger partial charge in [0, 0.05) is 42.0 Å². The number of nitrogens with one attached hydrogen (secondary N) is 2. The van der Waals surface area contributed by atoms with Gasteiger partial charge in [-0.15, -0.1) is 11.3 Å². The fraction of sp³-hybridized carbons (Fsp3) is 0.556. The smallest absolute Gasteiger partial charge is 0.267 e. The number of amides is 1. The Hall–Kier alpha value is -2.17. The number of ether oxygens (including phenoxy) is 1. The SMILES string of the molecule is C[C@H]1CN(CCC2(O)CCC(NC(=O)c3cc4c(OCc5csc(Cl)n5)cccc4[nH]3)CC2)CC[C@@H]1O. The Morgan fingerprint density at radius 1 is 1.35 bits per heavy atom. The fourth-order valence-electron chi connectivity index (χ4n) is 5.48. The van der Waals surface area contributed by atoms with Gasteiger partial charge in [0.15, 0.2) is 4.47 Å². The molecule has 1 aliphatic carbocycles. The van der Waals surface area contributed by atoms with E-state index in [1.165, 1.54) is 11.3 Å². The minimum absolute atomic E-state index is 0.0366. The highest BCUT2D eigenvalue weighted by atomic mass is 35.5. The summed E-state index contributed by atoms with van der Waals surface area (Å²) in [5, 5.41) is 26.9. The average molecular weight is 547 g/mol. The lowest BCUT2D eigenvalue weighted by atomic mass is 9.80. The van der Waals surface area contributed by atoms with E-state index in [9.17, 15) is 15.0 Å². The molecule has 1 aliphatic heterocycles. The van der Waals surface area contributed by atoms with Crippen LogP contribution in [0.25, 0.3) is 10.9 Å². The first-order chi connectivity index (χ1) is 17.8. The number of carbonyl (C=O) groups excluding carboxylic acids is 1. The van der Waals surface area contributed by atoms with Crippen LogP contribution in [-0.4, -0.2) is 68.4 Å². The molecule has 3 aromatic rings. The van der Waals surface area contributed by atoms with E-state index >= 15 is 0 Å². The summed E-state index contributed by atoms with van der Waals surface area (Å²) >= 11 is 7.27. The molecule has 8 nitrogen and oxygen atoms in total. The molecule has 200 valence electrons. The van der Waals surface area contributed by atoms with Gasteiger partial charge in [-0.1, -0.05) is 24.6 Å². The van der Waals surface area contributed by atoms with Crippen molar-refractivity contribution in [1.82, 2.24) is 20.2 Å². The molecule has 2 fully saturated rings. The first kappa shape index (κ1) is 26.4. The van der Waals surface area contributed by atoms with Crippen molar-refractivity contribution in [2.75, 3.05) is 19.6 Å². The molecular weight excluding hydrogens is 512 g/mol. The highest BCUT2D eigenvalue weighted by Gasteiger charge is 2.35. The lowest BCUT2D eigenvalue weighted by Gasteiger charge is -2.39. The van der Waals surface area contributed by atoms with Crippen molar-refractivity contribution in [2.24, 2.45) is 5.92 Å². The Labute approximate surface area is 226 Å².